The summed E-state index contributed by atoms with van der Waals surface area (Å²) in [5, 5.41) is 9.83. The maximum atomic E-state index is 9.83. The van der Waals surface area contributed by atoms with Crippen molar-refractivity contribution in [2.24, 2.45) is 0 Å². The summed E-state index contributed by atoms with van der Waals surface area (Å²) in [6.45, 7) is 7.98. The third-order valence-electron chi connectivity index (χ3n) is 3.14. The fraction of sp³-hybridized carbons (Fsp3) is 0.833. The molecule has 2 fully saturated rings. The van der Waals surface area contributed by atoms with Crippen molar-refractivity contribution < 1.29 is 19.3 Å². The Morgan fingerprint density at radius 3 is 2.75 bits per heavy atom. The van der Waals surface area contributed by atoms with Crippen LogP contribution in [-0.2, 0) is 14.2 Å². The average Bonchev–Trinajstić information content (AvgIpc) is 2.37. The van der Waals surface area contributed by atoms with Crippen molar-refractivity contribution in [1.82, 2.24) is 0 Å². The third-order valence-corrected chi connectivity index (χ3v) is 3.14. The molecule has 0 aromatic carbocycles. The Hall–Kier alpha value is -0.420. The highest BCUT2D eigenvalue weighted by atomic mass is 16.7. The molecule has 2 aliphatic rings. The molecule has 0 aromatic heterocycles. The van der Waals surface area contributed by atoms with Crippen LogP contribution in [0.1, 0.15) is 26.7 Å². The smallest absolute Gasteiger partial charge is 0.163 e. The summed E-state index contributed by atoms with van der Waals surface area (Å²) < 4.78 is 17.1. The lowest BCUT2D eigenvalue weighted by Gasteiger charge is -2.40. The lowest BCUT2D eigenvalue weighted by molar-refractivity contribution is -0.311. The van der Waals surface area contributed by atoms with Crippen LogP contribution in [0.5, 0.6) is 0 Å². The van der Waals surface area contributed by atoms with E-state index in [1.807, 2.05) is 13.8 Å². The van der Waals surface area contributed by atoms with Crippen molar-refractivity contribution >= 4 is 0 Å². The van der Waals surface area contributed by atoms with Crippen LogP contribution in [-0.4, -0.2) is 41.9 Å². The quantitative estimate of drug-likeness (QED) is 0.686. The predicted octanol–water partition coefficient (Wildman–Crippen LogP) is 1.23. The Balaban J connectivity index is 2.07. The van der Waals surface area contributed by atoms with Gasteiger partial charge in [-0.3, -0.25) is 0 Å². The lowest BCUT2D eigenvalue weighted by atomic mass is 10.0. The molecule has 0 radical (unpaired) electrons. The first-order valence-electron chi connectivity index (χ1n) is 5.80. The molecule has 0 spiro atoms. The number of aliphatic hydroxyl groups is 1. The Kier molecular flexibility index (Phi) is 3.35. The third kappa shape index (κ3) is 2.46. The Morgan fingerprint density at radius 1 is 1.31 bits per heavy atom. The number of ether oxygens (including phenoxy) is 3. The van der Waals surface area contributed by atoms with Gasteiger partial charge >= 0.3 is 0 Å². The van der Waals surface area contributed by atoms with Gasteiger partial charge in [-0.15, -0.1) is 6.58 Å². The van der Waals surface area contributed by atoms with Gasteiger partial charge in [-0.05, 0) is 26.7 Å². The molecule has 4 atom stereocenters. The van der Waals surface area contributed by atoms with Crippen LogP contribution in [0.4, 0.5) is 0 Å². The minimum atomic E-state index is -0.552. The van der Waals surface area contributed by atoms with Gasteiger partial charge in [0.2, 0.25) is 0 Å². The van der Waals surface area contributed by atoms with Gasteiger partial charge in [-0.25, -0.2) is 0 Å². The number of aliphatic hydroxyl groups excluding tert-OH is 1. The van der Waals surface area contributed by atoms with Crippen molar-refractivity contribution in [2.45, 2.75) is 56.9 Å². The monoisotopic (exact) mass is 228 g/mol. The van der Waals surface area contributed by atoms with Crippen molar-refractivity contribution in [3.63, 3.8) is 0 Å². The first-order valence-corrected chi connectivity index (χ1v) is 5.80. The van der Waals surface area contributed by atoms with Crippen molar-refractivity contribution in [3.8, 4) is 0 Å². The molecule has 0 unspecified atom stereocenters. The highest BCUT2D eigenvalue weighted by Gasteiger charge is 2.40. The van der Waals surface area contributed by atoms with Gasteiger partial charge in [0.15, 0.2) is 5.79 Å². The second kappa shape index (κ2) is 4.45. The van der Waals surface area contributed by atoms with Gasteiger partial charge < -0.3 is 19.3 Å². The zero-order valence-electron chi connectivity index (χ0n) is 9.89. The molecule has 16 heavy (non-hydrogen) atoms. The molecule has 0 bridgehead atoms. The zero-order valence-corrected chi connectivity index (χ0v) is 9.89. The normalized spacial score (nSPS) is 43.2. The van der Waals surface area contributed by atoms with Crippen LogP contribution in [0, 0.1) is 0 Å². The summed E-state index contributed by atoms with van der Waals surface area (Å²) in [7, 11) is 0. The maximum absolute atomic E-state index is 9.83. The summed E-state index contributed by atoms with van der Waals surface area (Å²) in [6, 6.07) is 0. The molecule has 92 valence electrons. The van der Waals surface area contributed by atoms with E-state index in [-0.39, 0.29) is 18.3 Å². The zero-order chi connectivity index (χ0) is 11.8. The molecule has 0 aromatic rings. The Bertz CT molecular complexity index is 264. The Morgan fingerprint density at radius 2 is 2.06 bits per heavy atom. The van der Waals surface area contributed by atoms with Crippen molar-refractivity contribution in [3.05, 3.63) is 12.7 Å². The van der Waals surface area contributed by atoms with E-state index in [2.05, 4.69) is 6.58 Å². The van der Waals surface area contributed by atoms with E-state index in [9.17, 15) is 5.11 Å². The topological polar surface area (TPSA) is 47.9 Å². The molecule has 2 saturated heterocycles. The number of hydrogen-bond donors (Lipinski definition) is 1. The van der Waals surface area contributed by atoms with E-state index in [1.54, 1.807) is 6.08 Å². The summed E-state index contributed by atoms with van der Waals surface area (Å²) in [4.78, 5) is 0. The predicted molar refractivity (Wildman–Crippen MR) is 59.0 cm³/mol. The number of hydrogen-bond acceptors (Lipinski definition) is 4. The van der Waals surface area contributed by atoms with E-state index in [1.165, 1.54) is 0 Å². The van der Waals surface area contributed by atoms with E-state index < -0.39 is 11.9 Å². The van der Waals surface area contributed by atoms with Crippen LogP contribution in [0.15, 0.2) is 12.7 Å². The first-order chi connectivity index (χ1) is 7.52. The average molecular weight is 228 g/mol. The van der Waals surface area contributed by atoms with Gasteiger partial charge in [0.05, 0.1) is 18.8 Å². The fourth-order valence-electron chi connectivity index (χ4n) is 2.24. The van der Waals surface area contributed by atoms with Gasteiger partial charge in [0.25, 0.3) is 0 Å². The molecule has 2 aliphatic heterocycles. The number of fused-ring (bicyclic) bond motifs is 1. The molecule has 4 nitrogen and oxygen atoms in total. The number of rotatable bonds is 1. The SMILES string of the molecule is C=C[C@@H]1O[C@@H]2COC(C)(C)O[C@H]2CC[C@H]1O. The van der Waals surface area contributed by atoms with Gasteiger partial charge in [0.1, 0.15) is 12.2 Å². The molecule has 0 amide bonds. The molecule has 0 aliphatic carbocycles. The highest BCUT2D eigenvalue weighted by Crippen LogP contribution is 2.31. The van der Waals surface area contributed by atoms with E-state index in [4.69, 9.17) is 14.2 Å². The summed E-state index contributed by atoms with van der Waals surface area (Å²) in [6.07, 6.45) is 2.21. The molecular formula is C12H20O4. The summed E-state index contributed by atoms with van der Waals surface area (Å²) in [5.74, 6) is -0.552. The molecule has 2 heterocycles. The standard InChI is InChI=1S/C12H20O4/c1-4-9-8(13)5-6-10-11(15-9)7-14-12(2,3)16-10/h4,8-11,13H,1,5-7H2,2-3H3/t8-,9+,10+,11-/m1/s1. The molecule has 2 rings (SSSR count). The van der Waals surface area contributed by atoms with E-state index in [0.29, 0.717) is 13.0 Å². The Labute approximate surface area is 96.2 Å². The summed E-state index contributed by atoms with van der Waals surface area (Å²) >= 11 is 0. The highest BCUT2D eigenvalue weighted by molar-refractivity contribution is 4.93. The lowest BCUT2D eigenvalue weighted by Crippen LogP contribution is -2.49. The maximum Gasteiger partial charge on any atom is 0.163 e. The van der Waals surface area contributed by atoms with Crippen LogP contribution >= 0.6 is 0 Å². The fourth-order valence-corrected chi connectivity index (χ4v) is 2.24. The van der Waals surface area contributed by atoms with Crippen molar-refractivity contribution in [1.29, 1.82) is 0 Å². The van der Waals surface area contributed by atoms with Crippen molar-refractivity contribution in [2.75, 3.05) is 6.61 Å². The molecule has 0 saturated carbocycles. The minimum Gasteiger partial charge on any atom is -0.390 e. The molecule has 1 N–H and O–H groups in total. The van der Waals surface area contributed by atoms with Crippen LogP contribution in [0.3, 0.4) is 0 Å². The van der Waals surface area contributed by atoms with Gasteiger partial charge in [-0.1, -0.05) is 6.08 Å². The second-order valence-corrected chi connectivity index (χ2v) is 4.89. The summed E-state index contributed by atoms with van der Waals surface area (Å²) in [5.41, 5.74) is 0. The van der Waals surface area contributed by atoms with Crippen LogP contribution in [0.25, 0.3) is 0 Å². The largest absolute Gasteiger partial charge is 0.390 e. The van der Waals surface area contributed by atoms with Crippen LogP contribution in [0.2, 0.25) is 0 Å². The minimum absolute atomic E-state index is 0.00310. The van der Waals surface area contributed by atoms with Gasteiger partial charge in [0, 0.05) is 0 Å². The molecular weight excluding hydrogens is 208 g/mol. The van der Waals surface area contributed by atoms with Crippen LogP contribution < -0.4 is 0 Å². The second-order valence-electron chi connectivity index (χ2n) is 4.89. The first kappa shape index (κ1) is 12.0. The van der Waals surface area contributed by atoms with Gasteiger partial charge in [-0.2, -0.15) is 0 Å². The molecule has 4 heteroatoms. The van der Waals surface area contributed by atoms with E-state index >= 15 is 0 Å². The van der Waals surface area contributed by atoms with E-state index in [0.717, 1.165) is 6.42 Å².